The molecule has 2 nitrogen and oxygen atoms in total. The van der Waals surface area contributed by atoms with Gasteiger partial charge < -0.3 is 10.1 Å². The van der Waals surface area contributed by atoms with E-state index in [4.69, 9.17) is 4.74 Å². The van der Waals surface area contributed by atoms with Crippen LogP contribution in [0, 0.1) is 0 Å². The van der Waals surface area contributed by atoms with Crippen molar-refractivity contribution in [1.29, 1.82) is 0 Å². The van der Waals surface area contributed by atoms with E-state index in [0.29, 0.717) is 0 Å². The first-order valence-electron chi connectivity index (χ1n) is 2.56. The summed E-state index contributed by atoms with van der Waals surface area (Å²) in [6, 6.07) is 0. The molecule has 1 aliphatic heterocycles. The summed E-state index contributed by atoms with van der Waals surface area (Å²) in [6.45, 7) is 0.812. The zero-order chi connectivity index (χ0) is 5.82. The molecule has 2 heteroatoms. The first kappa shape index (κ1) is 5.22. The third-order valence-electron chi connectivity index (χ3n) is 1.03. The van der Waals surface area contributed by atoms with Crippen LogP contribution in [0.25, 0.3) is 0 Å². The molecule has 1 N–H and O–H groups in total. The maximum atomic E-state index is 4.94. The van der Waals surface area contributed by atoms with Gasteiger partial charge in [0.05, 0.1) is 13.7 Å². The monoisotopic (exact) mass is 111 g/mol. The molecule has 0 saturated heterocycles. The van der Waals surface area contributed by atoms with Crippen molar-refractivity contribution in [3.63, 3.8) is 0 Å². The Hall–Kier alpha value is -0.920. The Bertz CT molecular complexity index is 126. The maximum absolute atomic E-state index is 4.94. The molecule has 0 amide bonds. The molecule has 0 bridgehead atoms. The number of dihydropyridines is 1. The fourth-order valence-corrected chi connectivity index (χ4v) is 0.582. The average Bonchev–Trinajstić information content (AvgIpc) is 1.90. The topological polar surface area (TPSA) is 21.3 Å². The SMILES string of the molecule is COC1=CC=CNC1. The van der Waals surface area contributed by atoms with E-state index in [-0.39, 0.29) is 0 Å². The number of rotatable bonds is 1. The van der Waals surface area contributed by atoms with Crippen LogP contribution in [0.15, 0.2) is 24.1 Å². The Morgan fingerprint density at radius 1 is 1.75 bits per heavy atom. The van der Waals surface area contributed by atoms with Crippen molar-refractivity contribution in [2.75, 3.05) is 13.7 Å². The van der Waals surface area contributed by atoms with Gasteiger partial charge in [-0.3, -0.25) is 0 Å². The van der Waals surface area contributed by atoms with Crippen LogP contribution in [-0.2, 0) is 4.74 Å². The van der Waals surface area contributed by atoms with E-state index in [0.717, 1.165) is 12.3 Å². The van der Waals surface area contributed by atoms with E-state index in [1.807, 2.05) is 18.4 Å². The minimum Gasteiger partial charge on any atom is -0.499 e. The van der Waals surface area contributed by atoms with Crippen molar-refractivity contribution < 1.29 is 4.74 Å². The highest BCUT2D eigenvalue weighted by Crippen LogP contribution is 1.96. The number of hydrogen-bond acceptors (Lipinski definition) is 2. The molecule has 0 aliphatic carbocycles. The molecule has 1 rings (SSSR count). The van der Waals surface area contributed by atoms with E-state index in [1.54, 1.807) is 7.11 Å². The normalized spacial score (nSPS) is 16.9. The Labute approximate surface area is 48.8 Å². The Morgan fingerprint density at radius 3 is 3.00 bits per heavy atom. The lowest BCUT2D eigenvalue weighted by Gasteiger charge is -2.07. The number of ether oxygens (including phenoxy) is 1. The molecule has 0 saturated carbocycles. The zero-order valence-electron chi connectivity index (χ0n) is 4.85. The van der Waals surface area contributed by atoms with Gasteiger partial charge in [-0.15, -0.1) is 0 Å². The molecular weight excluding hydrogens is 102 g/mol. The highest BCUT2D eigenvalue weighted by atomic mass is 16.5. The predicted molar refractivity (Wildman–Crippen MR) is 32.2 cm³/mol. The van der Waals surface area contributed by atoms with Gasteiger partial charge in [-0.25, -0.2) is 0 Å². The highest BCUT2D eigenvalue weighted by molar-refractivity contribution is 5.12. The van der Waals surface area contributed by atoms with Crippen molar-refractivity contribution in [2.24, 2.45) is 0 Å². The average molecular weight is 111 g/mol. The molecule has 0 aromatic heterocycles. The maximum Gasteiger partial charge on any atom is 0.115 e. The lowest BCUT2D eigenvalue weighted by atomic mass is 10.4. The molecule has 0 radical (unpaired) electrons. The summed E-state index contributed by atoms with van der Waals surface area (Å²) in [6.07, 6.45) is 5.75. The molecule has 1 heterocycles. The van der Waals surface area contributed by atoms with Gasteiger partial charge in [0, 0.05) is 0 Å². The Morgan fingerprint density at radius 2 is 2.62 bits per heavy atom. The van der Waals surface area contributed by atoms with Crippen LogP contribution >= 0.6 is 0 Å². The van der Waals surface area contributed by atoms with Crippen LogP contribution in [0.1, 0.15) is 0 Å². The lowest BCUT2D eigenvalue weighted by molar-refractivity contribution is 0.281. The van der Waals surface area contributed by atoms with Gasteiger partial charge in [-0.1, -0.05) is 0 Å². The lowest BCUT2D eigenvalue weighted by Crippen LogP contribution is -2.13. The van der Waals surface area contributed by atoms with E-state index in [1.165, 1.54) is 0 Å². The second kappa shape index (κ2) is 2.40. The van der Waals surface area contributed by atoms with Gasteiger partial charge in [-0.2, -0.15) is 0 Å². The van der Waals surface area contributed by atoms with Gasteiger partial charge in [0.25, 0.3) is 0 Å². The number of allylic oxidation sites excluding steroid dienone is 2. The summed E-state index contributed by atoms with van der Waals surface area (Å²) in [7, 11) is 1.67. The minimum atomic E-state index is 0.812. The standard InChI is InChI=1S/C6H9NO/c1-8-6-3-2-4-7-5-6/h2-4,7H,5H2,1H3. The largest absolute Gasteiger partial charge is 0.499 e. The van der Waals surface area contributed by atoms with Crippen molar-refractivity contribution in [3.05, 3.63) is 24.1 Å². The molecule has 0 aromatic rings. The van der Waals surface area contributed by atoms with Crippen LogP contribution < -0.4 is 5.32 Å². The van der Waals surface area contributed by atoms with E-state index in [9.17, 15) is 0 Å². The molecule has 0 unspecified atom stereocenters. The molecule has 44 valence electrons. The van der Waals surface area contributed by atoms with Crippen molar-refractivity contribution in [3.8, 4) is 0 Å². The second-order valence-electron chi connectivity index (χ2n) is 1.58. The highest BCUT2D eigenvalue weighted by Gasteiger charge is 1.93. The van der Waals surface area contributed by atoms with Crippen LogP contribution in [0.5, 0.6) is 0 Å². The van der Waals surface area contributed by atoms with E-state index >= 15 is 0 Å². The van der Waals surface area contributed by atoms with Crippen LogP contribution in [0.3, 0.4) is 0 Å². The van der Waals surface area contributed by atoms with Crippen LogP contribution in [-0.4, -0.2) is 13.7 Å². The molecule has 0 aromatic carbocycles. The second-order valence-corrected chi connectivity index (χ2v) is 1.58. The van der Waals surface area contributed by atoms with E-state index < -0.39 is 0 Å². The third-order valence-corrected chi connectivity index (χ3v) is 1.03. The van der Waals surface area contributed by atoms with Gasteiger partial charge in [-0.05, 0) is 18.4 Å². The Kier molecular flexibility index (Phi) is 1.57. The number of methoxy groups -OCH3 is 1. The van der Waals surface area contributed by atoms with Gasteiger partial charge >= 0.3 is 0 Å². The summed E-state index contributed by atoms with van der Waals surface area (Å²) < 4.78 is 4.94. The summed E-state index contributed by atoms with van der Waals surface area (Å²) in [5.41, 5.74) is 0. The summed E-state index contributed by atoms with van der Waals surface area (Å²) in [4.78, 5) is 0. The zero-order valence-corrected chi connectivity index (χ0v) is 4.85. The molecule has 8 heavy (non-hydrogen) atoms. The van der Waals surface area contributed by atoms with Gasteiger partial charge in [0.15, 0.2) is 0 Å². The van der Waals surface area contributed by atoms with Crippen molar-refractivity contribution >= 4 is 0 Å². The summed E-state index contributed by atoms with van der Waals surface area (Å²) in [5, 5.41) is 3.01. The fraction of sp³-hybridized carbons (Fsp3) is 0.333. The third kappa shape index (κ3) is 1.03. The van der Waals surface area contributed by atoms with Gasteiger partial charge in [0.1, 0.15) is 5.76 Å². The number of nitrogens with one attached hydrogen (secondary N) is 1. The molecule has 0 spiro atoms. The Balaban J connectivity index is 2.50. The van der Waals surface area contributed by atoms with Gasteiger partial charge in [0.2, 0.25) is 0 Å². The van der Waals surface area contributed by atoms with Crippen LogP contribution in [0.2, 0.25) is 0 Å². The first-order chi connectivity index (χ1) is 3.93. The molecule has 0 atom stereocenters. The smallest absolute Gasteiger partial charge is 0.115 e. The summed E-state index contributed by atoms with van der Waals surface area (Å²) in [5.74, 6) is 0.979. The summed E-state index contributed by atoms with van der Waals surface area (Å²) >= 11 is 0. The minimum absolute atomic E-state index is 0.812. The van der Waals surface area contributed by atoms with Crippen molar-refractivity contribution in [2.45, 2.75) is 0 Å². The number of hydrogen-bond donors (Lipinski definition) is 1. The van der Waals surface area contributed by atoms with Crippen molar-refractivity contribution in [1.82, 2.24) is 5.32 Å². The predicted octanol–water partition coefficient (Wildman–Crippen LogP) is 0.634. The molecule has 1 aliphatic rings. The quantitative estimate of drug-likeness (QED) is 0.536. The first-order valence-corrected chi connectivity index (χ1v) is 2.56. The van der Waals surface area contributed by atoms with Crippen LogP contribution in [0.4, 0.5) is 0 Å². The molecular formula is C6H9NO. The fourth-order valence-electron chi connectivity index (χ4n) is 0.582. The molecule has 0 fully saturated rings. The van der Waals surface area contributed by atoms with E-state index in [2.05, 4.69) is 5.32 Å².